The maximum Gasteiger partial charge on any atom is 0.176 e. The average molecular weight is 208 g/mol. The summed E-state index contributed by atoms with van der Waals surface area (Å²) in [7, 11) is 3.97. The molecule has 0 aliphatic carbocycles. The van der Waals surface area contributed by atoms with Gasteiger partial charge in [-0.15, -0.1) is 0 Å². The molecule has 0 N–H and O–H groups in total. The van der Waals surface area contributed by atoms with Crippen LogP contribution in [-0.2, 0) is 11.2 Å². The fraction of sp³-hybridized carbons (Fsp3) is 0.364. The minimum Gasteiger partial charge on any atom is -0.611 e. The van der Waals surface area contributed by atoms with Crippen LogP contribution in [0.4, 0.5) is 5.69 Å². The van der Waals surface area contributed by atoms with Gasteiger partial charge in [-0.25, -0.2) is 0 Å². The van der Waals surface area contributed by atoms with Gasteiger partial charge >= 0.3 is 0 Å². The molecule has 0 amide bonds. The molecular formula is C11H14NOS. The molecule has 1 aromatic rings. The van der Waals surface area contributed by atoms with Gasteiger partial charge in [0.25, 0.3) is 0 Å². The molecule has 0 bridgehead atoms. The van der Waals surface area contributed by atoms with E-state index >= 15 is 0 Å². The second-order valence-electron chi connectivity index (χ2n) is 4.19. The van der Waals surface area contributed by atoms with Crippen LogP contribution in [0.3, 0.4) is 0 Å². The molecular weight excluding hydrogens is 194 g/mol. The first-order chi connectivity index (χ1) is 6.52. The van der Waals surface area contributed by atoms with Crippen molar-refractivity contribution in [2.75, 3.05) is 11.4 Å². The molecule has 1 aromatic carbocycles. The Morgan fingerprint density at radius 1 is 1.43 bits per heavy atom. The van der Waals surface area contributed by atoms with Gasteiger partial charge in [0.1, 0.15) is 4.75 Å². The molecule has 2 rings (SSSR count). The van der Waals surface area contributed by atoms with Crippen molar-refractivity contribution in [1.82, 2.24) is 0 Å². The first kappa shape index (κ1) is 9.87. The van der Waals surface area contributed by atoms with E-state index in [2.05, 4.69) is 7.05 Å². The second kappa shape index (κ2) is 3.17. The highest BCUT2D eigenvalue weighted by molar-refractivity contribution is 7.93. The van der Waals surface area contributed by atoms with E-state index in [1.807, 2.05) is 43.0 Å². The third kappa shape index (κ3) is 1.41. The average Bonchev–Trinajstić information content (AvgIpc) is 2.14. The lowest BCUT2D eigenvalue weighted by molar-refractivity contribution is 0.536. The first-order valence-corrected chi connectivity index (χ1v) is 5.76. The highest BCUT2D eigenvalue weighted by Crippen LogP contribution is 2.38. The van der Waals surface area contributed by atoms with E-state index in [-0.39, 0.29) is 4.75 Å². The van der Waals surface area contributed by atoms with Gasteiger partial charge in [-0.1, -0.05) is 12.1 Å². The van der Waals surface area contributed by atoms with Crippen molar-refractivity contribution in [3.8, 4) is 0 Å². The van der Waals surface area contributed by atoms with Crippen molar-refractivity contribution in [2.24, 2.45) is 0 Å². The van der Waals surface area contributed by atoms with Crippen LogP contribution in [-0.4, -0.2) is 15.8 Å². The maximum atomic E-state index is 12.1. The molecule has 1 aliphatic rings. The summed E-state index contributed by atoms with van der Waals surface area (Å²) in [6.07, 6.45) is 0. The Hall–Kier alpha value is -0.670. The predicted molar refractivity (Wildman–Crippen MR) is 59.6 cm³/mol. The van der Waals surface area contributed by atoms with Crippen molar-refractivity contribution in [3.63, 3.8) is 0 Å². The van der Waals surface area contributed by atoms with Crippen LogP contribution in [0.1, 0.15) is 13.8 Å². The van der Waals surface area contributed by atoms with Crippen molar-refractivity contribution >= 4 is 16.9 Å². The SMILES string of the molecule is [CH2]N1CC(C)(C)[S+]([O-])c2ccccc21. The van der Waals surface area contributed by atoms with Gasteiger partial charge in [-0.2, -0.15) is 0 Å². The van der Waals surface area contributed by atoms with Crippen LogP contribution < -0.4 is 4.90 Å². The number of nitrogens with zero attached hydrogens (tertiary/aromatic N) is 1. The lowest BCUT2D eigenvalue weighted by Crippen LogP contribution is -2.46. The van der Waals surface area contributed by atoms with Crippen LogP contribution >= 0.6 is 0 Å². The summed E-state index contributed by atoms with van der Waals surface area (Å²) in [5.41, 5.74) is 0.991. The van der Waals surface area contributed by atoms with Crippen LogP contribution in [0, 0.1) is 7.05 Å². The molecule has 0 saturated heterocycles. The lowest BCUT2D eigenvalue weighted by Gasteiger charge is -2.38. The number of rotatable bonds is 0. The molecule has 1 atom stereocenters. The summed E-state index contributed by atoms with van der Waals surface area (Å²) < 4.78 is 11.9. The number of anilines is 1. The molecule has 1 radical (unpaired) electrons. The van der Waals surface area contributed by atoms with Gasteiger partial charge in [0.2, 0.25) is 0 Å². The van der Waals surface area contributed by atoms with E-state index in [9.17, 15) is 4.55 Å². The summed E-state index contributed by atoms with van der Waals surface area (Å²) in [4.78, 5) is 2.83. The van der Waals surface area contributed by atoms with Crippen molar-refractivity contribution in [1.29, 1.82) is 0 Å². The molecule has 1 unspecified atom stereocenters. The van der Waals surface area contributed by atoms with Crippen LogP contribution in [0.2, 0.25) is 0 Å². The van der Waals surface area contributed by atoms with Gasteiger partial charge in [0.05, 0.1) is 12.2 Å². The van der Waals surface area contributed by atoms with E-state index in [0.717, 1.165) is 17.1 Å². The lowest BCUT2D eigenvalue weighted by atomic mass is 10.1. The summed E-state index contributed by atoms with van der Waals surface area (Å²) in [6.45, 7) is 4.76. The first-order valence-electron chi connectivity index (χ1n) is 4.61. The van der Waals surface area contributed by atoms with E-state index in [4.69, 9.17) is 0 Å². The van der Waals surface area contributed by atoms with Crippen molar-refractivity contribution in [3.05, 3.63) is 31.3 Å². The van der Waals surface area contributed by atoms with Gasteiger partial charge < -0.3 is 9.45 Å². The zero-order chi connectivity index (χ0) is 10.3. The fourth-order valence-electron chi connectivity index (χ4n) is 1.78. The highest BCUT2D eigenvalue weighted by atomic mass is 32.2. The zero-order valence-corrected chi connectivity index (χ0v) is 9.30. The van der Waals surface area contributed by atoms with E-state index < -0.39 is 11.2 Å². The topological polar surface area (TPSA) is 26.3 Å². The Kier molecular flexibility index (Phi) is 2.24. The van der Waals surface area contributed by atoms with Gasteiger partial charge in [0.15, 0.2) is 4.90 Å². The fourth-order valence-corrected chi connectivity index (χ4v) is 3.23. The number of fused-ring (bicyclic) bond motifs is 1. The Labute approximate surface area is 88.1 Å². The monoisotopic (exact) mass is 208 g/mol. The van der Waals surface area contributed by atoms with Gasteiger partial charge in [-0.05, 0) is 37.2 Å². The minimum atomic E-state index is -0.928. The number of benzene rings is 1. The largest absolute Gasteiger partial charge is 0.611 e. The standard InChI is InChI=1S/C11H14NOS/c1-11(2)8-12(3)9-6-4-5-7-10(9)14(11)13/h4-7H,3,8H2,1-2H3. The van der Waals surface area contributed by atoms with Crippen molar-refractivity contribution < 1.29 is 4.55 Å². The van der Waals surface area contributed by atoms with Crippen LogP contribution in [0.5, 0.6) is 0 Å². The third-order valence-electron chi connectivity index (χ3n) is 2.48. The predicted octanol–water partition coefficient (Wildman–Crippen LogP) is 2.18. The van der Waals surface area contributed by atoms with Gasteiger partial charge in [-0.3, -0.25) is 0 Å². The van der Waals surface area contributed by atoms with E-state index in [1.165, 1.54) is 0 Å². The van der Waals surface area contributed by atoms with E-state index in [1.54, 1.807) is 0 Å². The Morgan fingerprint density at radius 3 is 2.79 bits per heavy atom. The Balaban J connectivity index is 2.52. The number of hydrogen-bond donors (Lipinski definition) is 0. The molecule has 0 fully saturated rings. The molecule has 0 saturated carbocycles. The second-order valence-corrected chi connectivity index (χ2v) is 6.28. The van der Waals surface area contributed by atoms with Crippen LogP contribution in [0.25, 0.3) is 0 Å². The Bertz CT molecular complexity index is 351. The zero-order valence-electron chi connectivity index (χ0n) is 8.49. The number of hydrogen-bond acceptors (Lipinski definition) is 2. The smallest absolute Gasteiger partial charge is 0.176 e. The molecule has 14 heavy (non-hydrogen) atoms. The Morgan fingerprint density at radius 2 is 2.07 bits per heavy atom. The normalized spacial score (nSPS) is 24.6. The van der Waals surface area contributed by atoms with Gasteiger partial charge in [0, 0.05) is 7.05 Å². The quantitative estimate of drug-likeness (QED) is 0.611. The maximum absolute atomic E-state index is 12.1. The summed E-state index contributed by atoms with van der Waals surface area (Å²) >= 11 is -0.928. The molecule has 1 aliphatic heterocycles. The third-order valence-corrected chi connectivity index (χ3v) is 4.36. The molecule has 75 valence electrons. The van der Waals surface area contributed by atoms with Crippen molar-refractivity contribution in [2.45, 2.75) is 23.5 Å². The highest BCUT2D eigenvalue weighted by Gasteiger charge is 2.41. The minimum absolute atomic E-state index is 0.212. The molecule has 2 nitrogen and oxygen atoms in total. The number of para-hydroxylation sites is 1. The van der Waals surface area contributed by atoms with E-state index in [0.29, 0.717) is 0 Å². The van der Waals surface area contributed by atoms with Crippen LogP contribution in [0.15, 0.2) is 29.2 Å². The summed E-state index contributed by atoms with van der Waals surface area (Å²) in [6, 6.07) is 7.76. The molecule has 0 aromatic heterocycles. The summed E-state index contributed by atoms with van der Waals surface area (Å²) in [5, 5.41) is 0. The molecule has 1 heterocycles. The molecule has 3 heteroatoms. The molecule has 0 spiro atoms. The summed E-state index contributed by atoms with van der Waals surface area (Å²) in [5.74, 6) is 0.